The van der Waals surface area contributed by atoms with Gasteiger partial charge in [-0.15, -0.1) is 0 Å². The van der Waals surface area contributed by atoms with Gasteiger partial charge in [-0.1, -0.05) is 41.4 Å². The second kappa shape index (κ2) is 9.04. The summed E-state index contributed by atoms with van der Waals surface area (Å²) in [6.45, 7) is 4.64. The summed E-state index contributed by atoms with van der Waals surface area (Å²) in [4.78, 5) is 17.3. The molecule has 0 fully saturated rings. The minimum atomic E-state index is -0.586. The molecule has 1 aromatic carbocycles. The van der Waals surface area contributed by atoms with E-state index >= 15 is 0 Å². The molecule has 2 rings (SSSR count). The van der Waals surface area contributed by atoms with Crippen LogP contribution in [0, 0.1) is 0 Å². The first-order chi connectivity index (χ1) is 11.6. The number of halogens is 1. The zero-order valence-corrected chi connectivity index (χ0v) is 16.3. The average molecular weight is 405 g/mol. The number of hydrogen-bond acceptors (Lipinski definition) is 3. The lowest BCUT2D eigenvalue weighted by atomic mass is 10.0. The number of aromatic nitrogens is 1. The third-order valence-electron chi connectivity index (χ3n) is 3.68. The molecule has 126 valence electrons. The zero-order chi connectivity index (χ0) is 17.5. The molecule has 0 aliphatic heterocycles. The number of nitrogens with zero attached hydrogens (tertiary/aromatic N) is 2. The van der Waals surface area contributed by atoms with E-state index in [0.717, 1.165) is 17.3 Å². The van der Waals surface area contributed by atoms with Gasteiger partial charge in [0.25, 0.3) is 0 Å². The van der Waals surface area contributed by atoms with Gasteiger partial charge in [-0.25, -0.2) is 0 Å². The van der Waals surface area contributed by atoms with E-state index in [0.29, 0.717) is 17.2 Å². The minimum Gasteiger partial charge on any atom is -0.758 e. The Labute approximate surface area is 157 Å². The molecular weight excluding hydrogens is 384 g/mol. The highest BCUT2D eigenvalue weighted by molar-refractivity contribution is 9.10. The van der Waals surface area contributed by atoms with Crippen molar-refractivity contribution in [2.24, 2.45) is 4.99 Å². The Morgan fingerprint density at radius 3 is 2.33 bits per heavy atom. The van der Waals surface area contributed by atoms with Crippen LogP contribution < -0.4 is 4.57 Å². The van der Waals surface area contributed by atoms with E-state index in [9.17, 15) is 4.79 Å². The van der Waals surface area contributed by atoms with Gasteiger partial charge in [-0.2, -0.15) is 4.57 Å². The molecule has 0 saturated heterocycles. The molecule has 24 heavy (non-hydrogen) atoms. The van der Waals surface area contributed by atoms with Gasteiger partial charge in [0.2, 0.25) is 11.8 Å². The summed E-state index contributed by atoms with van der Waals surface area (Å²) in [5, 5.41) is 0.415. The van der Waals surface area contributed by atoms with Crippen molar-refractivity contribution in [3.63, 3.8) is 0 Å². The van der Waals surface area contributed by atoms with E-state index in [1.165, 1.54) is 5.56 Å². The fourth-order valence-electron chi connectivity index (χ4n) is 2.49. The largest absolute Gasteiger partial charge is 0.758 e. The Morgan fingerprint density at radius 1 is 1.17 bits per heavy atom. The third kappa shape index (κ3) is 4.71. The number of aliphatic imine (C=N–C) groups is 1. The van der Waals surface area contributed by atoms with E-state index in [1.54, 1.807) is 12.1 Å². The summed E-state index contributed by atoms with van der Waals surface area (Å²) in [6, 6.07) is 10.8. The summed E-state index contributed by atoms with van der Waals surface area (Å²) in [7, 11) is 0. The standard InChI is InChI=1S/C19H21BrN2OS/c1-3-5-14-10-12-22(13-11-14)17(19(24)21-4-2)18(23)15-6-8-16(20)9-7-15/h6-13,17H,3-5H2,1-2H3/t17-/m0/s1. The van der Waals surface area contributed by atoms with Crippen LogP contribution >= 0.6 is 15.9 Å². The summed E-state index contributed by atoms with van der Waals surface area (Å²) in [5.41, 5.74) is 1.88. The highest BCUT2D eigenvalue weighted by atomic mass is 79.9. The summed E-state index contributed by atoms with van der Waals surface area (Å²) < 4.78 is 2.79. The number of carbonyl (C=O) groups excluding carboxylic acids is 1. The van der Waals surface area contributed by atoms with E-state index in [4.69, 9.17) is 12.6 Å². The topological polar surface area (TPSA) is 33.3 Å². The number of Topliss-reactive ketones (excluding diaryl/α,β-unsaturated/α-hetero) is 1. The smallest absolute Gasteiger partial charge is 0.237 e. The summed E-state index contributed by atoms with van der Waals surface area (Å²) in [5.74, 6) is -0.0436. The molecule has 0 saturated carbocycles. The average Bonchev–Trinajstić information content (AvgIpc) is 2.58. The predicted octanol–water partition coefficient (Wildman–Crippen LogP) is 4.08. The first-order valence-electron chi connectivity index (χ1n) is 8.07. The van der Waals surface area contributed by atoms with Crippen LogP contribution in [0.5, 0.6) is 0 Å². The molecule has 3 nitrogen and oxygen atoms in total. The molecule has 0 radical (unpaired) electrons. The van der Waals surface area contributed by atoms with Gasteiger partial charge in [0.15, 0.2) is 12.4 Å². The number of benzene rings is 1. The molecule has 2 aromatic rings. The summed E-state index contributed by atoms with van der Waals surface area (Å²) in [6.07, 6.45) is 5.96. The quantitative estimate of drug-likeness (QED) is 0.229. The van der Waals surface area contributed by atoms with Crippen LogP contribution in [0.3, 0.4) is 0 Å². The fraction of sp³-hybridized carbons (Fsp3) is 0.316. The van der Waals surface area contributed by atoms with E-state index < -0.39 is 6.04 Å². The second-order valence-corrected chi connectivity index (χ2v) is 6.82. The molecule has 0 bridgehead atoms. The summed E-state index contributed by atoms with van der Waals surface area (Å²) >= 11 is 8.82. The molecule has 1 heterocycles. The monoisotopic (exact) mass is 404 g/mol. The Kier molecular flexibility index (Phi) is 7.06. The van der Waals surface area contributed by atoms with Crippen molar-refractivity contribution in [1.82, 2.24) is 0 Å². The van der Waals surface area contributed by atoms with Crippen LogP contribution in [0.15, 0.2) is 58.3 Å². The number of carbonyl (C=O) groups is 1. The van der Waals surface area contributed by atoms with Crippen molar-refractivity contribution in [2.45, 2.75) is 32.7 Å². The van der Waals surface area contributed by atoms with Gasteiger partial charge in [-0.05, 0) is 36.1 Å². The number of aryl methyl sites for hydroxylation is 1. The molecule has 0 amide bonds. The van der Waals surface area contributed by atoms with Crippen molar-refractivity contribution in [3.8, 4) is 0 Å². The maximum absolute atomic E-state index is 13.0. The third-order valence-corrected chi connectivity index (χ3v) is 4.56. The van der Waals surface area contributed by atoms with Crippen LogP contribution in [-0.4, -0.2) is 17.4 Å². The van der Waals surface area contributed by atoms with Crippen molar-refractivity contribution < 1.29 is 9.36 Å². The predicted molar refractivity (Wildman–Crippen MR) is 103 cm³/mol. The van der Waals surface area contributed by atoms with Gasteiger partial charge in [0, 0.05) is 28.7 Å². The molecule has 0 spiro atoms. The van der Waals surface area contributed by atoms with Crippen molar-refractivity contribution in [1.29, 1.82) is 0 Å². The molecule has 1 atom stereocenters. The SMILES string of the molecule is CCCc1cc[n+]([C@@H](C(=O)c2ccc(Br)cc2)C([S-])=NCC)cc1. The van der Waals surface area contributed by atoms with E-state index in [1.807, 2.05) is 48.1 Å². The Balaban J connectivity index is 2.39. The van der Waals surface area contributed by atoms with Crippen LogP contribution in [-0.2, 0) is 19.0 Å². The lowest BCUT2D eigenvalue weighted by molar-refractivity contribution is -0.692. The number of hydrogen-bond donors (Lipinski definition) is 0. The van der Waals surface area contributed by atoms with Crippen LogP contribution in [0.25, 0.3) is 0 Å². The zero-order valence-electron chi connectivity index (χ0n) is 13.9. The van der Waals surface area contributed by atoms with Gasteiger partial charge >= 0.3 is 0 Å². The molecule has 5 heteroatoms. The Hall–Kier alpha value is -1.59. The Bertz CT molecular complexity index is 711. The number of ketones is 1. The molecular formula is C19H21BrN2OS. The van der Waals surface area contributed by atoms with Crippen molar-refractivity contribution in [3.05, 3.63) is 64.4 Å². The maximum Gasteiger partial charge on any atom is 0.237 e. The van der Waals surface area contributed by atoms with E-state index in [2.05, 4.69) is 27.8 Å². The van der Waals surface area contributed by atoms with Crippen molar-refractivity contribution in [2.75, 3.05) is 6.54 Å². The van der Waals surface area contributed by atoms with Crippen molar-refractivity contribution >= 4 is 39.4 Å². The molecule has 0 aliphatic rings. The number of pyridine rings is 1. The molecule has 0 unspecified atom stereocenters. The lowest BCUT2D eigenvalue weighted by Gasteiger charge is -2.18. The Morgan fingerprint density at radius 2 is 1.79 bits per heavy atom. The van der Waals surface area contributed by atoms with Gasteiger partial charge in [-0.3, -0.25) is 4.79 Å². The van der Waals surface area contributed by atoms with E-state index in [-0.39, 0.29) is 5.78 Å². The second-order valence-electron chi connectivity index (χ2n) is 5.49. The van der Waals surface area contributed by atoms with Gasteiger partial charge < -0.3 is 17.6 Å². The highest BCUT2D eigenvalue weighted by Gasteiger charge is 2.28. The number of rotatable bonds is 7. The maximum atomic E-state index is 13.0. The fourth-order valence-corrected chi connectivity index (χ4v) is 3.11. The van der Waals surface area contributed by atoms with Crippen LogP contribution in [0.4, 0.5) is 0 Å². The first kappa shape index (κ1) is 18.7. The highest BCUT2D eigenvalue weighted by Crippen LogP contribution is 2.16. The normalized spacial score (nSPS) is 12.9. The minimum absolute atomic E-state index is 0.0436. The lowest BCUT2D eigenvalue weighted by Crippen LogP contribution is -2.47. The van der Waals surface area contributed by atoms with Crippen LogP contribution in [0.2, 0.25) is 0 Å². The van der Waals surface area contributed by atoms with Crippen LogP contribution in [0.1, 0.15) is 42.2 Å². The first-order valence-corrected chi connectivity index (χ1v) is 9.27. The van der Waals surface area contributed by atoms with Gasteiger partial charge in [0.05, 0.1) is 0 Å². The van der Waals surface area contributed by atoms with Gasteiger partial charge in [0.1, 0.15) is 0 Å². The molecule has 1 aromatic heterocycles. The molecule has 0 aliphatic carbocycles. The molecule has 0 N–H and O–H groups in total.